The van der Waals surface area contributed by atoms with E-state index in [1.165, 1.54) is 0 Å². The largest absolute Gasteiger partial charge is 0.497 e. The third-order valence-corrected chi connectivity index (χ3v) is 2.59. The summed E-state index contributed by atoms with van der Waals surface area (Å²) in [5.41, 5.74) is 1.80. The van der Waals surface area contributed by atoms with Gasteiger partial charge in [0.15, 0.2) is 0 Å². The molecule has 0 aromatic heterocycles. The number of hydrogen-bond acceptors (Lipinski definition) is 2. The van der Waals surface area contributed by atoms with Gasteiger partial charge in [-0.25, -0.2) is 0 Å². The number of amides is 1. The van der Waals surface area contributed by atoms with E-state index in [9.17, 15) is 4.79 Å². The Balaban J connectivity index is 2.22. The Morgan fingerprint density at radius 3 is 2.53 bits per heavy atom. The molecular weight excluding hydrogens is 190 g/mol. The van der Waals surface area contributed by atoms with Crippen LogP contribution < -0.4 is 10.1 Å². The lowest BCUT2D eigenvalue weighted by molar-refractivity contribution is -0.120. The van der Waals surface area contributed by atoms with E-state index >= 15 is 0 Å². The van der Waals surface area contributed by atoms with E-state index in [4.69, 9.17) is 4.74 Å². The second-order valence-corrected chi connectivity index (χ2v) is 3.62. The monoisotopic (exact) mass is 203 g/mol. The minimum atomic E-state index is -0.0941. The minimum absolute atomic E-state index is 0.0326. The first-order valence-corrected chi connectivity index (χ1v) is 4.83. The number of carbonyl (C=O) groups excluding carboxylic acids is 1. The van der Waals surface area contributed by atoms with Crippen LogP contribution in [0.1, 0.15) is 17.9 Å². The fourth-order valence-electron chi connectivity index (χ4n) is 1.76. The number of nitrogens with one attached hydrogen (secondary N) is 1. The van der Waals surface area contributed by atoms with Gasteiger partial charge < -0.3 is 10.1 Å². The Kier molecular flexibility index (Phi) is 2.46. The first kappa shape index (κ1) is 9.77. The highest BCUT2D eigenvalue weighted by Gasteiger charge is 2.28. The van der Waals surface area contributed by atoms with Crippen LogP contribution in [0.5, 0.6) is 5.75 Å². The molecule has 1 aliphatic heterocycles. The molecule has 1 aromatic rings. The zero-order valence-electron chi connectivity index (χ0n) is 8.62. The van der Waals surface area contributed by atoms with Crippen LogP contribution in [0.3, 0.4) is 0 Å². The summed E-state index contributed by atoms with van der Waals surface area (Å²) in [6.07, 6.45) is 0.686. The van der Waals surface area contributed by atoms with Crippen LogP contribution in [0.25, 0.3) is 0 Å². The van der Waals surface area contributed by atoms with E-state index in [-0.39, 0.29) is 11.8 Å². The fourth-order valence-corrected chi connectivity index (χ4v) is 1.76. The van der Waals surface area contributed by atoms with Crippen LogP contribution in [0, 0.1) is 0 Å². The zero-order valence-corrected chi connectivity index (χ0v) is 8.62. The normalized spacial score (nSPS) is 20.2. The van der Waals surface area contributed by atoms with Crippen molar-refractivity contribution in [3.8, 4) is 5.75 Å². The van der Waals surface area contributed by atoms with Crippen molar-refractivity contribution < 1.29 is 9.53 Å². The number of benzene rings is 1. The molecule has 0 saturated carbocycles. The number of hydrogen-bond donors (Lipinski definition) is 1. The number of allylic oxidation sites excluding steroid dienone is 1. The molecule has 0 spiro atoms. The smallest absolute Gasteiger partial charge is 0.232 e. The molecule has 1 aliphatic rings. The second kappa shape index (κ2) is 3.77. The molecule has 1 heterocycles. The molecule has 1 unspecified atom stereocenters. The van der Waals surface area contributed by atoms with Crippen LogP contribution in [-0.4, -0.2) is 13.0 Å². The van der Waals surface area contributed by atoms with Gasteiger partial charge in [0.1, 0.15) is 5.75 Å². The van der Waals surface area contributed by atoms with Crippen LogP contribution in [0.15, 0.2) is 36.5 Å². The van der Waals surface area contributed by atoms with Crippen molar-refractivity contribution in [3.05, 3.63) is 42.1 Å². The average molecular weight is 203 g/mol. The van der Waals surface area contributed by atoms with Crippen molar-refractivity contribution in [2.75, 3.05) is 7.11 Å². The molecular formula is C12H13NO2. The quantitative estimate of drug-likeness (QED) is 0.796. The van der Waals surface area contributed by atoms with E-state index in [1.807, 2.05) is 24.3 Å². The lowest BCUT2D eigenvalue weighted by atomic mass is 9.97. The molecule has 0 radical (unpaired) electrons. The molecule has 78 valence electrons. The van der Waals surface area contributed by atoms with E-state index < -0.39 is 0 Å². The van der Waals surface area contributed by atoms with Crippen LogP contribution >= 0.6 is 0 Å². The first-order chi connectivity index (χ1) is 7.20. The average Bonchev–Trinajstić information content (AvgIpc) is 2.58. The highest BCUT2D eigenvalue weighted by molar-refractivity contribution is 5.88. The maximum atomic E-state index is 11.5. The molecule has 2 rings (SSSR count). The highest BCUT2D eigenvalue weighted by atomic mass is 16.5. The summed E-state index contributed by atoms with van der Waals surface area (Å²) in [6, 6.07) is 7.57. The van der Waals surface area contributed by atoms with Crippen LogP contribution in [-0.2, 0) is 4.79 Å². The van der Waals surface area contributed by atoms with Crippen molar-refractivity contribution >= 4 is 5.91 Å². The van der Waals surface area contributed by atoms with Crippen molar-refractivity contribution in [3.63, 3.8) is 0 Å². The molecule has 1 fully saturated rings. The van der Waals surface area contributed by atoms with Gasteiger partial charge in [-0.05, 0) is 17.7 Å². The number of methoxy groups -OCH3 is 1. The van der Waals surface area contributed by atoms with Gasteiger partial charge in [0, 0.05) is 12.1 Å². The van der Waals surface area contributed by atoms with Gasteiger partial charge >= 0.3 is 0 Å². The van der Waals surface area contributed by atoms with E-state index in [0.29, 0.717) is 6.42 Å². The highest BCUT2D eigenvalue weighted by Crippen LogP contribution is 2.28. The van der Waals surface area contributed by atoms with Crippen molar-refractivity contribution in [1.82, 2.24) is 5.32 Å². The maximum Gasteiger partial charge on any atom is 0.232 e. The summed E-state index contributed by atoms with van der Waals surface area (Å²) in [4.78, 5) is 11.5. The summed E-state index contributed by atoms with van der Waals surface area (Å²) in [7, 11) is 1.62. The molecule has 1 atom stereocenters. The fraction of sp³-hybridized carbons (Fsp3) is 0.250. The lowest BCUT2D eigenvalue weighted by Gasteiger charge is -2.07. The Bertz CT molecular complexity index is 395. The second-order valence-electron chi connectivity index (χ2n) is 3.62. The summed E-state index contributed by atoms with van der Waals surface area (Å²) in [5.74, 6) is 0.740. The van der Waals surface area contributed by atoms with Crippen LogP contribution in [0.2, 0.25) is 0 Å². The maximum absolute atomic E-state index is 11.5. The molecule has 0 aliphatic carbocycles. The predicted octanol–water partition coefficient (Wildman–Crippen LogP) is 1.81. The van der Waals surface area contributed by atoms with Gasteiger partial charge in [-0.1, -0.05) is 18.7 Å². The zero-order chi connectivity index (χ0) is 10.8. The Labute approximate surface area is 88.8 Å². The summed E-state index contributed by atoms with van der Waals surface area (Å²) in [6.45, 7) is 3.76. The Morgan fingerprint density at radius 1 is 1.40 bits per heavy atom. The van der Waals surface area contributed by atoms with Crippen LogP contribution in [0.4, 0.5) is 0 Å². The van der Waals surface area contributed by atoms with Gasteiger partial charge in [-0.3, -0.25) is 4.79 Å². The molecule has 1 saturated heterocycles. The van der Waals surface area contributed by atoms with Gasteiger partial charge in [-0.2, -0.15) is 0 Å². The Morgan fingerprint density at radius 2 is 2.07 bits per heavy atom. The number of rotatable bonds is 2. The molecule has 3 heteroatoms. The number of carbonyl (C=O) groups is 1. The summed E-state index contributed by atoms with van der Waals surface area (Å²) < 4.78 is 5.06. The van der Waals surface area contributed by atoms with Gasteiger partial charge in [0.05, 0.1) is 13.0 Å². The molecule has 1 amide bonds. The molecule has 15 heavy (non-hydrogen) atoms. The Hall–Kier alpha value is -1.77. The summed E-state index contributed by atoms with van der Waals surface area (Å²) in [5, 5.41) is 2.73. The van der Waals surface area contributed by atoms with Gasteiger partial charge in [-0.15, -0.1) is 0 Å². The van der Waals surface area contributed by atoms with E-state index in [1.54, 1.807) is 7.11 Å². The molecule has 1 aromatic carbocycles. The first-order valence-electron chi connectivity index (χ1n) is 4.83. The standard InChI is InChI=1S/C12H13NO2/c1-8-7-11(12(14)13-8)9-3-5-10(15-2)6-4-9/h3-6,11H,1,7H2,2H3,(H,13,14). The SMILES string of the molecule is C=C1CC(c2ccc(OC)cc2)C(=O)N1. The van der Waals surface area contributed by atoms with Gasteiger partial charge in [0.2, 0.25) is 5.91 Å². The third kappa shape index (κ3) is 1.86. The predicted molar refractivity (Wildman–Crippen MR) is 57.6 cm³/mol. The van der Waals surface area contributed by atoms with E-state index in [0.717, 1.165) is 17.0 Å². The molecule has 0 bridgehead atoms. The topological polar surface area (TPSA) is 38.3 Å². The number of ether oxygens (including phenoxy) is 1. The molecule has 3 nitrogen and oxygen atoms in total. The molecule has 1 N–H and O–H groups in total. The van der Waals surface area contributed by atoms with E-state index in [2.05, 4.69) is 11.9 Å². The third-order valence-electron chi connectivity index (χ3n) is 2.59. The van der Waals surface area contributed by atoms with Crippen molar-refractivity contribution in [2.45, 2.75) is 12.3 Å². The minimum Gasteiger partial charge on any atom is -0.497 e. The summed E-state index contributed by atoms with van der Waals surface area (Å²) >= 11 is 0. The lowest BCUT2D eigenvalue weighted by Crippen LogP contribution is -2.16. The van der Waals surface area contributed by atoms with Crippen molar-refractivity contribution in [2.24, 2.45) is 0 Å². The van der Waals surface area contributed by atoms with Crippen molar-refractivity contribution in [1.29, 1.82) is 0 Å². The van der Waals surface area contributed by atoms with Gasteiger partial charge in [0.25, 0.3) is 0 Å².